The van der Waals surface area contributed by atoms with E-state index >= 15 is 0 Å². The summed E-state index contributed by atoms with van der Waals surface area (Å²) < 4.78 is 5.14. The summed E-state index contributed by atoms with van der Waals surface area (Å²) in [5.41, 5.74) is 1.03. The molecule has 6 nitrogen and oxygen atoms in total. The predicted octanol–water partition coefficient (Wildman–Crippen LogP) is 2.82. The minimum absolute atomic E-state index is 0.0229. The van der Waals surface area contributed by atoms with Crippen LogP contribution >= 0.6 is 0 Å². The molecule has 2 aromatic rings. The fourth-order valence-corrected chi connectivity index (χ4v) is 3.83. The molecular weight excluding hydrogens is 368 g/mol. The molecule has 0 unspecified atom stereocenters. The molecule has 1 aliphatic heterocycles. The Balaban J connectivity index is 1.81. The molecule has 0 bridgehead atoms. The quantitative estimate of drug-likeness (QED) is 0.783. The lowest BCUT2D eigenvalue weighted by Gasteiger charge is -2.43. The first-order chi connectivity index (χ1) is 13.8. The maximum absolute atomic E-state index is 12.9. The molecule has 1 aliphatic rings. The molecular formula is C23H30N2O4. The number of aliphatic hydroxyl groups is 1. The fourth-order valence-electron chi connectivity index (χ4n) is 3.83. The van der Waals surface area contributed by atoms with Gasteiger partial charge >= 0.3 is 0 Å². The van der Waals surface area contributed by atoms with E-state index in [4.69, 9.17) is 4.74 Å². The second kappa shape index (κ2) is 8.74. The SMILES string of the molecule is COc1ccc(N2CCN(C(=O)CC(C)(C)O)[C@@H](Cc3ccccc3)C2)cc1O. The van der Waals surface area contributed by atoms with Crippen LogP contribution < -0.4 is 9.64 Å². The lowest BCUT2D eigenvalue weighted by Crippen LogP contribution is -2.57. The molecule has 1 atom stereocenters. The Kier molecular flexibility index (Phi) is 6.33. The van der Waals surface area contributed by atoms with Crippen LogP contribution in [0.25, 0.3) is 0 Å². The van der Waals surface area contributed by atoms with E-state index in [1.54, 1.807) is 26.0 Å². The van der Waals surface area contributed by atoms with Crippen molar-refractivity contribution >= 4 is 11.6 Å². The summed E-state index contributed by atoms with van der Waals surface area (Å²) in [7, 11) is 1.53. The van der Waals surface area contributed by atoms with Gasteiger partial charge in [-0.25, -0.2) is 0 Å². The molecule has 0 aromatic heterocycles. The normalized spacial score (nSPS) is 17.3. The van der Waals surface area contributed by atoms with E-state index in [0.29, 0.717) is 25.4 Å². The van der Waals surface area contributed by atoms with Crippen molar-refractivity contribution in [3.63, 3.8) is 0 Å². The monoisotopic (exact) mass is 398 g/mol. The van der Waals surface area contributed by atoms with Gasteiger partial charge in [0.2, 0.25) is 5.91 Å². The third-order valence-corrected chi connectivity index (χ3v) is 5.23. The van der Waals surface area contributed by atoms with Gasteiger partial charge in [-0.2, -0.15) is 0 Å². The van der Waals surface area contributed by atoms with Crippen molar-refractivity contribution in [2.75, 3.05) is 31.6 Å². The zero-order valence-electron chi connectivity index (χ0n) is 17.3. The zero-order valence-corrected chi connectivity index (χ0v) is 17.3. The molecule has 156 valence electrons. The van der Waals surface area contributed by atoms with E-state index in [9.17, 15) is 15.0 Å². The van der Waals surface area contributed by atoms with Crippen LogP contribution in [-0.4, -0.2) is 59.4 Å². The Morgan fingerprint density at radius 3 is 2.52 bits per heavy atom. The smallest absolute Gasteiger partial charge is 0.225 e. The third kappa shape index (κ3) is 5.41. The highest BCUT2D eigenvalue weighted by molar-refractivity contribution is 5.78. The molecule has 1 saturated heterocycles. The summed E-state index contributed by atoms with van der Waals surface area (Å²) in [5, 5.41) is 20.3. The number of hydrogen-bond donors (Lipinski definition) is 2. The molecule has 2 N–H and O–H groups in total. The van der Waals surface area contributed by atoms with E-state index in [-0.39, 0.29) is 24.1 Å². The number of ether oxygens (including phenoxy) is 1. The maximum Gasteiger partial charge on any atom is 0.225 e. The van der Waals surface area contributed by atoms with Gasteiger partial charge in [0.25, 0.3) is 0 Å². The number of phenols is 1. The Labute approximate surface area is 172 Å². The van der Waals surface area contributed by atoms with Crippen LogP contribution in [0, 0.1) is 0 Å². The number of carbonyl (C=O) groups excluding carboxylic acids is 1. The molecule has 0 spiro atoms. The van der Waals surface area contributed by atoms with Gasteiger partial charge in [0.15, 0.2) is 11.5 Å². The summed E-state index contributed by atoms with van der Waals surface area (Å²) >= 11 is 0. The van der Waals surface area contributed by atoms with Gasteiger partial charge in [-0.3, -0.25) is 4.79 Å². The van der Waals surface area contributed by atoms with Crippen molar-refractivity contribution in [3.05, 3.63) is 54.1 Å². The number of nitrogens with zero attached hydrogens (tertiary/aromatic N) is 2. The van der Waals surface area contributed by atoms with Crippen molar-refractivity contribution in [1.29, 1.82) is 0 Å². The highest BCUT2D eigenvalue weighted by atomic mass is 16.5. The summed E-state index contributed by atoms with van der Waals surface area (Å²) in [6.07, 6.45) is 0.832. The van der Waals surface area contributed by atoms with Crippen molar-refractivity contribution in [2.45, 2.75) is 38.3 Å². The average molecular weight is 399 g/mol. The van der Waals surface area contributed by atoms with Crippen LogP contribution in [-0.2, 0) is 11.2 Å². The molecule has 29 heavy (non-hydrogen) atoms. The van der Waals surface area contributed by atoms with Gasteiger partial charge in [-0.15, -0.1) is 0 Å². The minimum Gasteiger partial charge on any atom is -0.504 e. The maximum atomic E-state index is 12.9. The van der Waals surface area contributed by atoms with Crippen LogP contribution in [0.1, 0.15) is 25.8 Å². The lowest BCUT2D eigenvalue weighted by atomic mass is 9.98. The summed E-state index contributed by atoms with van der Waals surface area (Å²) in [5.74, 6) is 0.509. The van der Waals surface area contributed by atoms with Gasteiger partial charge in [0.05, 0.1) is 25.2 Å². The van der Waals surface area contributed by atoms with Crippen molar-refractivity contribution in [2.24, 2.45) is 0 Å². The number of aromatic hydroxyl groups is 1. The first-order valence-electron chi connectivity index (χ1n) is 9.94. The molecule has 0 aliphatic carbocycles. The third-order valence-electron chi connectivity index (χ3n) is 5.23. The first kappa shape index (κ1) is 21.0. The Morgan fingerprint density at radius 2 is 1.90 bits per heavy atom. The van der Waals surface area contributed by atoms with E-state index < -0.39 is 5.60 Å². The van der Waals surface area contributed by atoms with E-state index in [1.165, 1.54) is 7.11 Å². The minimum atomic E-state index is -1.03. The largest absolute Gasteiger partial charge is 0.504 e. The molecule has 3 rings (SSSR count). The number of carbonyl (C=O) groups is 1. The molecule has 0 saturated carbocycles. The fraction of sp³-hybridized carbons (Fsp3) is 0.435. The van der Waals surface area contributed by atoms with Crippen molar-refractivity contribution in [3.8, 4) is 11.5 Å². The Bertz CT molecular complexity index is 833. The predicted molar refractivity (Wildman–Crippen MR) is 113 cm³/mol. The van der Waals surface area contributed by atoms with E-state index in [0.717, 1.165) is 17.7 Å². The van der Waals surface area contributed by atoms with Crippen LogP contribution in [0.15, 0.2) is 48.5 Å². The molecule has 6 heteroatoms. The van der Waals surface area contributed by atoms with Crippen molar-refractivity contribution in [1.82, 2.24) is 4.90 Å². The summed E-state index contributed by atoms with van der Waals surface area (Å²) in [6.45, 7) is 5.20. The van der Waals surface area contributed by atoms with Gasteiger partial charge in [-0.05, 0) is 38.0 Å². The number of methoxy groups -OCH3 is 1. The molecule has 2 aromatic carbocycles. The van der Waals surface area contributed by atoms with E-state index in [2.05, 4.69) is 17.0 Å². The van der Waals surface area contributed by atoms with Crippen molar-refractivity contribution < 1.29 is 19.7 Å². The molecule has 0 radical (unpaired) electrons. The summed E-state index contributed by atoms with van der Waals surface area (Å²) in [6, 6.07) is 15.5. The van der Waals surface area contributed by atoms with Gasteiger partial charge < -0.3 is 24.7 Å². The average Bonchev–Trinajstić information content (AvgIpc) is 2.67. The lowest BCUT2D eigenvalue weighted by molar-refractivity contribution is -0.138. The zero-order chi connectivity index (χ0) is 21.0. The van der Waals surface area contributed by atoms with Crippen LogP contribution in [0.5, 0.6) is 11.5 Å². The highest BCUT2D eigenvalue weighted by Gasteiger charge is 2.33. The van der Waals surface area contributed by atoms with Crippen LogP contribution in [0.3, 0.4) is 0 Å². The van der Waals surface area contributed by atoms with Gasteiger partial charge in [-0.1, -0.05) is 30.3 Å². The topological polar surface area (TPSA) is 73.2 Å². The van der Waals surface area contributed by atoms with Crippen LogP contribution in [0.4, 0.5) is 5.69 Å². The number of amides is 1. The molecule has 1 fully saturated rings. The number of hydrogen-bond acceptors (Lipinski definition) is 5. The number of benzene rings is 2. The molecule has 1 amide bonds. The van der Waals surface area contributed by atoms with E-state index in [1.807, 2.05) is 29.2 Å². The second-order valence-electron chi connectivity index (χ2n) is 8.22. The Morgan fingerprint density at radius 1 is 1.17 bits per heavy atom. The number of phenolic OH excluding ortho intramolecular Hbond substituents is 1. The number of anilines is 1. The molecule has 1 heterocycles. The summed E-state index contributed by atoms with van der Waals surface area (Å²) in [4.78, 5) is 17.0. The number of rotatable bonds is 6. The Hall–Kier alpha value is -2.73. The van der Waals surface area contributed by atoms with Gasteiger partial charge in [0.1, 0.15) is 0 Å². The van der Waals surface area contributed by atoms with Gasteiger partial charge in [0, 0.05) is 31.4 Å². The van der Waals surface area contributed by atoms with Crippen LogP contribution in [0.2, 0.25) is 0 Å². The highest BCUT2D eigenvalue weighted by Crippen LogP contribution is 2.32. The second-order valence-corrected chi connectivity index (χ2v) is 8.22. The standard InChI is InChI=1S/C23H30N2O4/c1-23(2,28)15-22(27)25-12-11-24(18-9-10-21(29-3)20(26)14-18)16-19(25)13-17-7-5-4-6-8-17/h4-10,14,19,26,28H,11-13,15-16H2,1-3H3/t19-/m0/s1. The number of piperazine rings is 1. The first-order valence-corrected chi connectivity index (χ1v) is 9.94.